The Hall–Kier alpha value is -3.57. The fourth-order valence-electron chi connectivity index (χ4n) is 3.56. The maximum absolute atomic E-state index is 13.1. The van der Waals surface area contributed by atoms with E-state index in [4.69, 9.17) is 9.47 Å². The Balaban J connectivity index is 1.65. The van der Waals surface area contributed by atoms with Crippen molar-refractivity contribution in [3.8, 4) is 5.88 Å². The van der Waals surface area contributed by atoms with E-state index in [0.29, 0.717) is 38.1 Å². The third-order valence-corrected chi connectivity index (χ3v) is 6.42. The Morgan fingerprint density at radius 2 is 1.94 bits per heavy atom. The van der Waals surface area contributed by atoms with Gasteiger partial charge in [-0.3, -0.25) is 15.0 Å². The first-order valence-corrected chi connectivity index (χ1v) is 10.5. The second-order valence-corrected chi connectivity index (χ2v) is 8.32. The fraction of sp³-hybridized carbons (Fsp3) is 0.286. The average Bonchev–Trinajstić information content (AvgIpc) is 3.23. The SMILES string of the molecule is COCc1nc(OC)c2c(C)c(C(=O)NN3C(=O)NC(C)(c4ccccc4)C3=O)sc2n1. The summed E-state index contributed by atoms with van der Waals surface area (Å²) < 4.78 is 10.5. The van der Waals surface area contributed by atoms with Crippen LogP contribution in [-0.2, 0) is 21.7 Å². The molecule has 0 spiro atoms. The van der Waals surface area contributed by atoms with Crippen molar-refractivity contribution in [1.82, 2.24) is 25.7 Å². The third kappa shape index (κ3) is 3.45. The summed E-state index contributed by atoms with van der Waals surface area (Å²) in [5.41, 5.74) is 2.34. The molecule has 2 N–H and O–H groups in total. The van der Waals surface area contributed by atoms with Crippen LogP contribution in [0.1, 0.15) is 33.5 Å². The van der Waals surface area contributed by atoms with E-state index in [1.54, 1.807) is 38.1 Å². The normalized spacial score (nSPS) is 18.2. The number of nitrogens with one attached hydrogen (secondary N) is 2. The maximum Gasteiger partial charge on any atom is 0.344 e. The molecule has 0 bridgehead atoms. The van der Waals surface area contributed by atoms with Gasteiger partial charge < -0.3 is 14.8 Å². The number of carbonyl (C=O) groups excluding carboxylic acids is 3. The number of methoxy groups -OCH3 is 2. The van der Waals surface area contributed by atoms with Crippen LogP contribution < -0.4 is 15.5 Å². The monoisotopic (exact) mass is 455 g/mol. The van der Waals surface area contributed by atoms with Gasteiger partial charge in [0.05, 0.1) is 17.4 Å². The van der Waals surface area contributed by atoms with Gasteiger partial charge in [0.2, 0.25) is 5.88 Å². The van der Waals surface area contributed by atoms with Gasteiger partial charge in [-0.05, 0) is 25.0 Å². The van der Waals surface area contributed by atoms with E-state index >= 15 is 0 Å². The lowest BCUT2D eigenvalue weighted by Crippen LogP contribution is -2.47. The van der Waals surface area contributed by atoms with Crippen molar-refractivity contribution in [1.29, 1.82) is 0 Å². The summed E-state index contributed by atoms with van der Waals surface area (Å²) in [7, 11) is 3.01. The predicted molar refractivity (Wildman–Crippen MR) is 116 cm³/mol. The van der Waals surface area contributed by atoms with Crippen molar-refractivity contribution in [2.24, 2.45) is 0 Å². The van der Waals surface area contributed by atoms with Gasteiger partial charge in [0.1, 0.15) is 17.0 Å². The third-order valence-electron chi connectivity index (χ3n) is 5.23. The van der Waals surface area contributed by atoms with Crippen molar-refractivity contribution < 1.29 is 23.9 Å². The van der Waals surface area contributed by atoms with E-state index in [1.807, 2.05) is 6.07 Å². The molecular weight excluding hydrogens is 434 g/mol. The molecule has 0 saturated carbocycles. The number of aromatic nitrogens is 2. The van der Waals surface area contributed by atoms with Crippen molar-refractivity contribution in [2.75, 3.05) is 14.2 Å². The number of fused-ring (bicyclic) bond motifs is 1. The molecule has 1 saturated heterocycles. The first-order chi connectivity index (χ1) is 15.3. The highest BCUT2D eigenvalue weighted by Crippen LogP contribution is 2.35. The second-order valence-electron chi connectivity index (χ2n) is 7.32. The van der Waals surface area contributed by atoms with E-state index in [1.165, 1.54) is 14.2 Å². The number of urea groups is 1. The van der Waals surface area contributed by atoms with Gasteiger partial charge in [-0.2, -0.15) is 9.99 Å². The van der Waals surface area contributed by atoms with Crippen LogP contribution in [0.15, 0.2) is 30.3 Å². The smallest absolute Gasteiger partial charge is 0.344 e. The van der Waals surface area contributed by atoms with Gasteiger partial charge in [-0.15, -0.1) is 11.3 Å². The number of nitrogens with zero attached hydrogens (tertiary/aromatic N) is 3. The van der Waals surface area contributed by atoms with Crippen molar-refractivity contribution in [3.05, 3.63) is 52.2 Å². The molecule has 2 aromatic heterocycles. The molecule has 3 aromatic rings. The van der Waals surface area contributed by atoms with Gasteiger partial charge in [0, 0.05) is 7.11 Å². The minimum absolute atomic E-state index is 0.186. The van der Waals surface area contributed by atoms with Crippen LogP contribution in [0.4, 0.5) is 4.79 Å². The first-order valence-electron chi connectivity index (χ1n) is 9.66. The molecule has 1 fully saturated rings. The molecule has 0 aliphatic carbocycles. The number of amides is 4. The van der Waals surface area contributed by atoms with Gasteiger partial charge in [0.15, 0.2) is 5.82 Å². The van der Waals surface area contributed by atoms with Crippen LogP contribution >= 0.6 is 11.3 Å². The van der Waals surface area contributed by atoms with Crippen LogP contribution in [0.5, 0.6) is 5.88 Å². The lowest BCUT2D eigenvalue weighted by atomic mass is 9.92. The highest BCUT2D eigenvalue weighted by molar-refractivity contribution is 7.20. The molecule has 3 heterocycles. The Morgan fingerprint density at radius 3 is 2.59 bits per heavy atom. The van der Waals surface area contributed by atoms with Crippen molar-refractivity contribution >= 4 is 39.4 Å². The van der Waals surface area contributed by atoms with Crippen molar-refractivity contribution in [3.63, 3.8) is 0 Å². The molecule has 1 aromatic carbocycles. The molecular formula is C21H21N5O5S. The molecule has 1 atom stereocenters. The largest absolute Gasteiger partial charge is 0.480 e. The van der Waals surface area contributed by atoms with E-state index in [-0.39, 0.29) is 11.5 Å². The zero-order valence-corrected chi connectivity index (χ0v) is 18.7. The van der Waals surface area contributed by atoms with E-state index in [2.05, 4.69) is 20.7 Å². The van der Waals surface area contributed by atoms with E-state index in [0.717, 1.165) is 11.3 Å². The van der Waals surface area contributed by atoms with Gasteiger partial charge >= 0.3 is 6.03 Å². The Kier molecular flexibility index (Phi) is 5.53. The summed E-state index contributed by atoms with van der Waals surface area (Å²) in [6, 6.07) is 8.12. The Morgan fingerprint density at radius 1 is 1.22 bits per heavy atom. The maximum atomic E-state index is 13.1. The molecule has 32 heavy (non-hydrogen) atoms. The summed E-state index contributed by atoms with van der Waals surface area (Å²) in [6.45, 7) is 3.51. The molecule has 166 valence electrons. The highest BCUT2D eigenvalue weighted by atomic mass is 32.1. The van der Waals surface area contributed by atoms with Gasteiger partial charge in [0.25, 0.3) is 11.8 Å². The fourth-order valence-corrected chi connectivity index (χ4v) is 4.64. The van der Waals surface area contributed by atoms with Crippen molar-refractivity contribution in [2.45, 2.75) is 26.0 Å². The van der Waals surface area contributed by atoms with E-state index in [9.17, 15) is 14.4 Å². The molecule has 4 amide bonds. The number of benzene rings is 1. The molecule has 1 aliphatic rings. The zero-order valence-electron chi connectivity index (χ0n) is 17.9. The summed E-state index contributed by atoms with van der Waals surface area (Å²) in [6.07, 6.45) is 0. The summed E-state index contributed by atoms with van der Waals surface area (Å²) in [5, 5.41) is 3.95. The number of carbonyl (C=O) groups is 3. The number of ether oxygens (including phenoxy) is 2. The number of hydrazine groups is 1. The van der Waals surface area contributed by atoms with Crippen LogP contribution in [0.3, 0.4) is 0 Å². The lowest BCUT2D eigenvalue weighted by molar-refractivity contribution is -0.132. The molecule has 10 nitrogen and oxygen atoms in total. The minimum Gasteiger partial charge on any atom is -0.480 e. The van der Waals surface area contributed by atoms with Crippen LogP contribution in [0.25, 0.3) is 10.2 Å². The van der Waals surface area contributed by atoms with Crippen LogP contribution in [0, 0.1) is 6.92 Å². The average molecular weight is 455 g/mol. The molecule has 11 heteroatoms. The lowest BCUT2D eigenvalue weighted by Gasteiger charge is -2.22. The number of imide groups is 1. The standard InChI is InChI=1S/C21H21N5O5S/c1-11-14-17(31-4)22-13(10-30-3)23-18(14)32-15(11)16(27)25-26-19(28)21(2,24-20(26)29)12-8-6-5-7-9-12/h5-9H,10H2,1-4H3,(H,24,29)(H,25,27). The predicted octanol–water partition coefficient (Wildman–Crippen LogP) is 2.27. The molecule has 1 aliphatic heterocycles. The summed E-state index contributed by atoms with van der Waals surface area (Å²) in [5.74, 6) is -0.457. The topological polar surface area (TPSA) is 123 Å². The quantitative estimate of drug-likeness (QED) is 0.547. The van der Waals surface area contributed by atoms with Crippen LogP contribution in [-0.4, -0.2) is 47.0 Å². The highest BCUT2D eigenvalue weighted by Gasteiger charge is 2.50. The molecule has 1 unspecified atom stereocenters. The summed E-state index contributed by atoms with van der Waals surface area (Å²) in [4.78, 5) is 48.2. The molecule has 0 radical (unpaired) electrons. The van der Waals surface area contributed by atoms with Gasteiger partial charge in [-0.25, -0.2) is 9.78 Å². The van der Waals surface area contributed by atoms with Crippen LogP contribution in [0.2, 0.25) is 0 Å². The zero-order chi connectivity index (χ0) is 23.0. The number of hydrogen-bond donors (Lipinski definition) is 2. The Labute approximate surface area is 187 Å². The number of thiophene rings is 1. The second kappa shape index (κ2) is 8.17. The van der Waals surface area contributed by atoms with E-state index < -0.39 is 23.4 Å². The first kappa shape index (κ1) is 21.7. The summed E-state index contributed by atoms with van der Waals surface area (Å²) >= 11 is 1.12. The van der Waals surface area contributed by atoms with Gasteiger partial charge in [-0.1, -0.05) is 30.3 Å². The molecule has 4 rings (SSSR count). The number of hydrogen-bond acceptors (Lipinski definition) is 8. The Bertz CT molecular complexity index is 1230. The number of rotatable bonds is 6. The minimum atomic E-state index is -1.29. The number of aryl methyl sites for hydroxylation is 1.